The molecule has 27 heavy (non-hydrogen) atoms. The molecule has 1 aliphatic heterocycles. The standard InChI is InChI=1S/C21H27ClN2O2S/c1-2-3-17-27(25,26)24-15-13-23(14-16-24)21(18-7-5-4-6-8-18)19-9-11-20(22)12-10-19/h4-12,21H,2-3,13-17H2,1H3. The molecular weight excluding hydrogens is 380 g/mol. The van der Waals surface area contributed by atoms with Gasteiger partial charge in [0.25, 0.3) is 0 Å². The predicted molar refractivity (Wildman–Crippen MR) is 112 cm³/mol. The Hall–Kier alpha value is -1.40. The summed E-state index contributed by atoms with van der Waals surface area (Å²) in [7, 11) is -3.14. The van der Waals surface area contributed by atoms with Gasteiger partial charge in [-0.1, -0.05) is 67.4 Å². The van der Waals surface area contributed by atoms with E-state index in [2.05, 4.69) is 29.2 Å². The minimum Gasteiger partial charge on any atom is -0.290 e. The maximum absolute atomic E-state index is 12.5. The van der Waals surface area contributed by atoms with Crippen LogP contribution in [0.4, 0.5) is 0 Å². The van der Waals surface area contributed by atoms with Crippen molar-refractivity contribution in [2.24, 2.45) is 0 Å². The Bertz CT molecular complexity index is 817. The van der Waals surface area contributed by atoms with Crippen molar-refractivity contribution >= 4 is 21.6 Å². The highest BCUT2D eigenvalue weighted by atomic mass is 35.5. The van der Waals surface area contributed by atoms with Crippen LogP contribution < -0.4 is 0 Å². The second-order valence-electron chi connectivity index (χ2n) is 6.97. The van der Waals surface area contributed by atoms with Gasteiger partial charge < -0.3 is 0 Å². The number of piperazine rings is 1. The molecule has 1 fully saturated rings. The topological polar surface area (TPSA) is 40.6 Å². The van der Waals surface area contributed by atoms with Crippen LogP contribution in [0.1, 0.15) is 36.9 Å². The summed E-state index contributed by atoms with van der Waals surface area (Å²) in [5, 5.41) is 0.720. The molecule has 0 radical (unpaired) electrons. The molecule has 1 aliphatic rings. The van der Waals surface area contributed by atoms with E-state index in [1.54, 1.807) is 4.31 Å². The van der Waals surface area contributed by atoms with Crippen LogP contribution in [0.5, 0.6) is 0 Å². The number of sulfonamides is 1. The summed E-state index contributed by atoms with van der Waals surface area (Å²) < 4.78 is 26.6. The normalized spacial score (nSPS) is 17.7. The smallest absolute Gasteiger partial charge is 0.214 e. The van der Waals surface area contributed by atoms with Gasteiger partial charge in [0.05, 0.1) is 11.8 Å². The van der Waals surface area contributed by atoms with Gasteiger partial charge in [-0.2, -0.15) is 4.31 Å². The molecule has 3 rings (SSSR count). The van der Waals surface area contributed by atoms with Crippen molar-refractivity contribution in [2.75, 3.05) is 31.9 Å². The molecule has 0 amide bonds. The highest BCUT2D eigenvalue weighted by Gasteiger charge is 2.30. The summed E-state index contributed by atoms with van der Waals surface area (Å²) in [6, 6.07) is 18.4. The van der Waals surface area contributed by atoms with Crippen molar-refractivity contribution in [1.82, 2.24) is 9.21 Å². The van der Waals surface area contributed by atoms with Gasteiger partial charge in [-0.25, -0.2) is 8.42 Å². The lowest BCUT2D eigenvalue weighted by Crippen LogP contribution is -2.50. The van der Waals surface area contributed by atoms with Crippen molar-refractivity contribution in [3.63, 3.8) is 0 Å². The van der Waals surface area contributed by atoms with Crippen molar-refractivity contribution in [2.45, 2.75) is 25.8 Å². The van der Waals surface area contributed by atoms with E-state index >= 15 is 0 Å². The quantitative estimate of drug-likeness (QED) is 0.692. The third kappa shape index (κ3) is 5.11. The Morgan fingerprint density at radius 1 is 0.926 bits per heavy atom. The van der Waals surface area contributed by atoms with Crippen LogP contribution in [0.3, 0.4) is 0 Å². The molecule has 0 N–H and O–H groups in total. The second kappa shape index (κ2) is 9.20. The third-order valence-corrected chi connectivity index (χ3v) is 7.30. The first-order chi connectivity index (χ1) is 13.0. The fourth-order valence-corrected chi connectivity index (χ4v) is 5.35. The zero-order valence-electron chi connectivity index (χ0n) is 15.7. The highest BCUT2D eigenvalue weighted by molar-refractivity contribution is 7.89. The molecule has 0 spiro atoms. The molecule has 2 aromatic carbocycles. The van der Waals surface area contributed by atoms with Gasteiger partial charge in [0.2, 0.25) is 10.0 Å². The van der Waals surface area contributed by atoms with Crippen molar-refractivity contribution in [1.29, 1.82) is 0 Å². The Balaban J connectivity index is 1.78. The van der Waals surface area contributed by atoms with Crippen LogP contribution in [0.25, 0.3) is 0 Å². The molecule has 4 nitrogen and oxygen atoms in total. The molecule has 1 heterocycles. The van der Waals surface area contributed by atoms with Gasteiger partial charge in [-0.15, -0.1) is 0 Å². The minimum absolute atomic E-state index is 0.101. The van der Waals surface area contributed by atoms with Crippen molar-refractivity contribution in [3.05, 3.63) is 70.7 Å². The van der Waals surface area contributed by atoms with Gasteiger partial charge >= 0.3 is 0 Å². The van der Waals surface area contributed by atoms with Crippen LogP contribution >= 0.6 is 11.6 Å². The minimum atomic E-state index is -3.14. The Morgan fingerprint density at radius 3 is 2.11 bits per heavy atom. The lowest BCUT2D eigenvalue weighted by atomic mass is 9.96. The molecular formula is C21H27ClN2O2S. The largest absolute Gasteiger partial charge is 0.290 e. The van der Waals surface area contributed by atoms with Crippen molar-refractivity contribution in [3.8, 4) is 0 Å². The first-order valence-corrected chi connectivity index (χ1v) is 11.5. The van der Waals surface area contributed by atoms with Gasteiger partial charge in [-0.05, 0) is 29.7 Å². The van der Waals surface area contributed by atoms with Crippen molar-refractivity contribution < 1.29 is 8.42 Å². The van der Waals surface area contributed by atoms with E-state index in [1.165, 1.54) is 11.1 Å². The highest BCUT2D eigenvalue weighted by Crippen LogP contribution is 2.30. The van der Waals surface area contributed by atoms with E-state index in [9.17, 15) is 8.42 Å². The third-order valence-electron chi connectivity index (χ3n) is 5.09. The zero-order chi connectivity index (χ0) is 19.3. The summed E-state index contributed by atoms with van der Waals surface area (Å²) in [5.74, 6) is 0.253. The van der Waals surface area contributed by atoms with E-state index in [4.69, 9.17) is 11.6 Å². The first-order valence-electron chi connectivity index (χ1n) is 9.53. The van der Waals surface area contributed by atoms with Crippen LogP contribution in [0, 0.1) is 0 Å². The molecule has 1 unspecified atom stereocenters. The lowest BCUT2D eigenvalue weighted by Gasteiger charge is -2.39. The summed E-state index contributed by atoms with van der Waals surface area (Å²) in [6.07, 6.45) is 1.62. The maximum Gasteiger partial charge on any atom is 0.214 e. The van der Waals surface area contributed by atoms with E-state index in [-0.39, 0.29) is 11.8 Å². The summed E-state index contributed by atoms with van der Waals surface area (Å²) in [4.78, 5) is 2.37. The van der Waals surface area contributed by atoms with E-state index in [0.717, 1.165) is 17.9 Å². The lowest BCUT2D eigenvalue weighted by molar-refractivity contribution is 0.156. The molecule has 6 heteroatoms. The zero-order valence-corrected chi connectivity index (χ0v) is 17.3. The molecule has 1 saturated heterocycles. The first kappa shape index (κ1) is 20.3. The fourth-order valence-electron chi connectivity index (χ4n) is 3.59. The number of nitrogens with zero attached hydrogens (tertiary/aromatic N) is 2. The van der Waals surface area contributed by atoms with Crippen LogP contribution in [-0.2, 0) is 10.0 Å². The monoisotopic (exact) mass is 406 g/mol. The van der Waals surface area contributed by atoms with E-state index in [1.807, 2.05) is 37.3 Å². The van der Waals surface area contributed by atoms with Crippen LogP contribution in [-0.4, -0.2) is 49.6 Å². The van der Waals surface area contributed by atoms with Gasteiger partial charge in [-0.3, -0.25) is 4.90 Å². The average Bonchev–Trinajstić information content (AvgIpc) is 2.69. The molecule has 2 aromatic rings. The molecule has 146 valence electrons. The van der Waals surface area contributed by atoms with Crippen LogP contribution in [0.15, 0.2) is 54.6 Å². The fraction of sp³-hybridized carbons (Fsp3) is 0.429. The Morgan fingerprint density at radius 2 is 1.52 bits per heavy atom. The second-order valence-corrected chi connectivity index (χ2v) is 9.49. The Kier molecular flexibility index (Phi) is 6.93. The van der Waals surface area contributed by atoms with Gasteiger partial charge in [0.15, 0.2) is 0 Å². The number of unbranched alkanes of at least 4 members (excludes halogenated alkanes) is 1. The molecule has 0 bridgehead atoms. The number of benzene rings is 2. The average molecular weight is 407 g/mol. The molecule has 0 aromatic heterocycles. The molecule has 0 saturated carbocycles. The number of halogens is 1. The number of rotatable bonds is 7. The number of hydrogen-bond donors (Lipinski definition) is 0. The molecule has 1 atom stereocenters. The Labute approximate surface area is 167 Å². The SMILES string of the molecule is CCCCS(=O)(=O)N1CCN(C(c2ccccc2)c2ccc(Cl)cc2)CC1. The summed E-state index contributed by atoms with van der Waals surface area (Å²) in [5.41, 5.74) is 2.38. The number of hydrogen-bond acceptors (Lipinski definition) is 3. The van der Waals surface area contributed by atoms with E-state index in [0.29, 0.717) is 26.2 Å². The van der Waals surface area contributed by atoms with Gasteiger partial charge in [0, 0.05) is 31.2 Å². The van der Waals surface area contributed by atoms with Gasteiger partial charge in [0.1, 0.15) is 0 Å². The predicted octanol–water partition coefficient (Wildman–Crippen LogP) is 4.18. The molecule has 0 aliphatic carbocycles. The van der Waals surface area contributed by atoms with E-state index < -0.39 is 10.0 Å². The summed E-state index contributed by atoms with van der Waals surface area (Å²) >= 11 is 6.07. The van der Waals surface area contributed by atoms with Crippen LogP contribution in [0.2, 0.25) is 5.02 Å². The maximum atomic E-state index is 12.5. The summed E-state index contributed by atoms with van der Waals surface area (Å²) in [6.45, 7) is 4.54.